The predicted molar refractivity (Wildman–Crippen MR) is 65.5 cm³/mol. The number of aromatic nitrogens is 1. The van der Waals surface area contributed by atoms with Crippen molar-refractivity contribution in [2.45, 2.75) is 6.54 Å². The molecule has 1 aromatic heterocycles. The van der Waals surface area contributed by atoms with Gasteiger partial charge >= 0.3 is 0 Å². The largest absolute Gasteiger partial charge is 0.338 e. The number of nitrogens with one attached hydrogen (secondary N) is 1. The van der Waals surface area contributed by atoms with Crippen LogP contribution in [0.1, 0.15) is 0 Å². The monoisotopic (exact) mass is 251 g/mol. The molecule has 6 heteroatoms. The minimum atomic E-state index is -0.352. The molecule has 1 heterocycles. The third-order valence-corrected chi connectivity index (χ3v) is 2.65. The Morgan fingerprint density at radius 1 is 1.41 bits per heavy atom. The minimum Gasteiger partial charge on any atom is -0.338 e. The van der Waals surface area contributed by atoms with E-state index in [-0.39, 0.29) is 17.9 Å². The lowest BCUT2D eigenvalue weighted by Gasteiger charge is -2.09. The van der Waals surface area contributed by atoms with Crippen LogP contribution in [0.5, 0.6) is 0 Å². The third-order valence-electron chi connectivity index (χ3n) is 2.42. The summed E-state index contributed by atoms with van der Waals surface area (Å²) in [5, 5.41) is 1.02. The number of hydrazine groups is 1. The van der Waals surface area contributed by atoms with Crippen LogP contribution in [-0.4, -0.2) is 10.5 Å². The van der Waals surface area contributed by atoms with Gasteiger partial charge < -0.3 is 4.57 Å². The number of hydrogen-bond donors (Lipinski definition) is 2. The van der Waals surface area contributed by atoms with Gasteiger partial charge in [-0.2, -0.15) is 0 Å². The molecule has 0 spiro atoms. The molecule has 0 bridgehead atoms. The lowest BCUT2D eigenvalue weighted by molar-refractivity contribution is -0.121. The van der Waals surface area contributed by atoms with E-state index in [0.29, 0.717) is 15.9 Å². The van der Waals surface area contributed by atoms with Crippen LogP contribution in [0.4, 0.5) is 0 Å². The second-order valence-corrected chi connectivity index (χ2v) is 3.97. The summed E-state index contributed by atoms with van der Waals surface area (Å²) in [5.41, 5.74) is 2.53. The molecule has 2 aromatic rings. The number of fused-ring (bicyclic) bond motifs is 1. The molecule has 88 valence electrons. The number of hydrogen-bond acceptors (Lipinski definition) is 3. The second-order valence-electron chi connectivity index (χ2n) is 3.54. The van der Waals surface area contributed by atoms with Crippen molar-refractivity contribution in [2.24, 2.45) is 5.84 Å². The summed E-state index contributed by atoms with van der Waals surface area (Å²) in [6, 6.07) is 6.32. The lowest BCUT2D eigenvalue weighted by atomic mass is 10.2. The SMILES string of the molecule is NNC(=O)Cn1ccc(=O)c2ccc(Cl)cc21. The average Bonchev–Trinajstić information content (AvgIpc) is 2.32. The fraction of sp³-hybridized carbons (Fsp3) is 0.0909. The fourth-order valence-corrected chi connectivity index (χ4v) is 1.78. The zero-order valence-electron chi connectivity index (χ0n) is 8.81. The van der Waals surface area contributed by atoms with E-state index in [9.17, 15) is 9.59 Å². The summed E-state index contributed by atoms with van der Waals surface area (Å²) >= 11 is 5.87. The van der Waals surface area contributed by atoms with Crippen molar-refractivity contribution in [1.82, 2.24) is 9.99 Å². The number of amides is 1. The van der Waals surface area contributed by atoms with Crippen LogP contribution >= 0.6 is 11.6 Å². The van der Waals surface area contributed by atoms with Crippen LogP contribution in [0, 0.1) is 0 Å². The molecular formula is C11H10ClN3O2. The first kappa shape index (κ1) is 11.6. The highest BCUT2D eigenvalue weighted by atomic mass is 35.5. The topological polar surface area (TPSA) is 77.1 Å². The van der Waals surface area contributed by atoms with E-state index in [0.717, 1.165) is 0 Å². The van der Waals surface area contributed by atoms with Gasteiger partial charge in [-0.25, -0.2) is 5.84 Å². The van der Waals surface area contributed by atoms with Crippen LogP contribution in [0.15, 0.2) is 35.3 Å². The first-order chi connectivity index (χ1) is 8.11. The Morgan fingerprint density at radius 3 is 2.88 bits per heavy atom. The van der Waals surface area contributed by atoms with E-state index >= 15 is 0 Å². The van der Waals surface area contributed by atoms with E-state index in [1.165, 1.54) is 12.3 Å². The molecule has 17 heavy (non-hydrogen) atoms. The first-order valence-electron chi connectivity index (χ1n) is 4.90. The van der Waals surface area contributed by atoms with Crippen LogP contribution in [0.3, 0.4) is 0 Å². The van der Waals surface area contributed by atoms with E-state index in [4.69, 9.17) is 17.4 Å². The zero-order chi connectivity index (χ0) is 12.4. The Hall–Kier alpha value is -1.85. The molecule has 0 unspecified atom stereocenters. The number of pyridine rings is 1. The maximum atomic E-state index is 11.6. The molecule has 2 rings (SSSR count). The molecule has 1 aromatic carbocycles. The van der Waals surface area contributed by atoms with Gasteiger partial charge in [0.2, 0.25) is 0 Å². The quantitative estimate of drug-likeness (QED) is 0.467. The summed E-state index contributed by atoms with van der Waals surface area (Å²) in [7, 11) is 0. The Bertz CT molecular complexity index is 636. The number of benzene rings is 1. The molecule has 0 aliphatic rings. The first-order valence-corrected chi connectivity index (χ1v) is 5.28. The van der Waals surface area contributed by atoms with E-state index in [2.05, 4.69) is 0 Å². The van der Waals surface area contributed by atoms with Crippen molar-refractivity contribution in [3.05, 3.63) is 45.7 Å². The molecule has 5 nitrogen and oxygen atoms in total. The standard InChI is InChI=1S/C11H10ClN3O2/c12-7-1-2-8-9(5-7)15(4-3-10(8)16)6-11(17)14-13/h1-5H,6,13H2,(H,14,17). The normalized spacial score (nSPS) is 10.5. The Morgan fingerprint density at radius 2 is 2.18 bits per heavy atom. The van der Waals surface area contributed by atoms with Gasteiger partial charge in [0.05, 0.1) is 5.52 Å². The smallest absolute Gasteiger partial charge is 0.253 e. The van der Waals surface area contributed by atoms with Crippen LogP contribution in [0.2, 0.25) is 5.02 Å². The van der Waals surface area contributed by atoms with E-state index in [1.807, 2.05) is 5.43 Å². The molecular weight excluding hydrogens is 242 g/mol. The summed E-state index contributed by atoms with van der Waals surface area (Å²) in [5.74, 6) is 4.67. The van der Waals surface area contributed by atoms with Gasteiger partial charge in [-0.1, -0.05) is 11.6 Å². The maximum absolute atomic E-state index is 11.6. The molecule has 0 fully saturated rings. The lowest BCUT2D eigenvalue weighted by Crippen LogP contribution is -2.33. The summed E-state index contributed by atoms with van der Waals surface area (Å²) in [6.07, 6.45) is 1.54. The number of rotatable bonds is 2. The van der Waals surface area contributed by atoms with Crippen molar-refractivity contribution < 1.29 is 4.79 Å². The number of halogens is 1. The highest BCUT2D eigenvalue weighted by molar-refractivity contribution is 6.31. The summed E-state index contributed by atoms with van der Waals surface area (Å²) < 4.78 is 1.62. The van der Waals surface area contributed by atoms with Gasteiger partial charge in [0.1, 0.15) is 6.54 Å². The van der Waals surface area contributed by atoms with E-state index < -0.39 is 0 Å². The zero-order valence-corrected chi connectivity index (χ0v) is 9.57. The number of nitrogens with two attached hydrogens (primary N) is 1. The molecule has 0 atom stereocenters. The Balaban J connectivity index is 2.64. The number of carbonyl (C=O) groups excluding carboxylic acids is 1. The van der Waals surface area contributed by atoms with Gasteiger partial charge in [0.15, 0.2) is 5.43 Å². The molecule has 1 amide bonds. The molecule has 0 aliphatic carbocycles. The number of nitrogens with zero attached hydrogens (tertiary/aromatic N) is 1. The highest BCUT2D eigenvalue weighted by Crippen LogP contribution is 2.16. The van der Waals surface area contributed by atoms with Gasteiger partial charge in [0.25, 0.3) is 5.91 Å². The summed E-state index contributed by atoms with van der Waals surface area (Å²) in [6.45, 7) is 0.0353. The van der Waals surface area contributed by atoms with Gasteiger partial charge in [0, 0.05) is 22.7 Å². The summed E-state index contributed by atoms with van der Waals surface area (Å²) in [4.78, 5) is 22.8. The van der Waals surface area contributed by atoms with Crippen molar-refractivity contribution in [3.63, 3.8) is 0 Å². The van der Waals surface area contributed by atoms with Crippen LogP contribution < -0.4 is 16.7 Å². The van der Waals surface area contributed by atoms with Gasteiger partial charge in [-0.05, 0) is 18.2 Å². The van der Waals surface area contributed by atoms with E-state index in [1.54, 1.807) is 22.8 Å². The molecule has 0 radical (unpaired) electrons. The average molecular weight is 252 g/mol. The highest BCUT2D eigenvalue weighted by Gasteiger charge is 2.06. The number of carbonyl (C=O) groups is 1. The van der Waals surface area contributed by atoms with Gasteiger partial charge in [-0.15, -0.1) is 0 Å². The predicted octanol–water partition coefficient (Wildman–Crippen LogP) is 0.645. The van der Waals surface area contributed by atoms with Crippen LogP contribution in [-0.2, 0) is 11.3 Å². The fourth-order valence-electron chi connectivity index (χ4n) is 1.62. The van der Waals surface area contributed by atoms with Crippen molar-refractivity contribution in [1.29, 1.82) is 0 Å². The van der Waals surface area contributed by atoms with Crippen molar-refractivity contribution in [3.8, 4) is 0 Å². The molecule has 3 N–H and O–H groups in total. The molecule has 0 saturated heterocycles. The third kappa shape index (κ3) is 2.30. The minimum absolute atomic E-state index is 0.0353. The van der Waals surface area contributed by atoms with Crippen LogP contribution in [0.25, 0.3) is 10.9 Å². The van der Waals surface area contributed by atoms with Crippen molar-refractivity contribution >= 4 is 28.4 Å². The Kier molecular flexibility index (Phi) is 3.12. The molecule has 0 aliphatic heterocycles. The van der Waals surface area contributed by atoms with Crippen molar-refractivity contribution in [2.75, 3.05) is 0 Å². The van der Waals surface area contributed by atoms with Gasteiger partial charge in [-0.3, -0.25) is 15.0 Å². The second kappa shape index (κ2) is 4.57. The maximum Gasteiger partial charge on any atom is 0.253 e. The Labute approximate surface area is 102 Å². The molecule has 0 saturated carbocycles.